The highest BCUT2D eigenvalue weighted by atomic mass is 32.1. The van der Waals surface area contributed by atoms with Crippen LogP contribution in [0.3, 0.4) is 0 Å². The summed E-state index contributed by atoms with van der Waals surface area (Å²) in [6.45, 7) is 3.33. The summed E-state index contributed by atoms with van der Waals surface area (Å²) in [4.78, 5) is 22.8. The molecule has 0 radical (unpaired) electrons. The van der Waals surface area contributed by atoms with Gasteiger partial charge >= 0.3 is 0 Å². The fourth-order valence-corrected chi connectivity index (χ4v) is 3.83. The lowest BCUT2D eigenvalue weighted by Gasteiger charge is -2.08. The van der Waals surface area contributed by atoms with Crippen LogP contribution in [0.4, 0.5) is 0 Å². The third-order valence-electron chi connectivity index (χ3n) is 4.66. The molecule has 1 aromatic carbocycles. The molecule has 5 nitrogen and oxygen atoms in total. The fourth-order valence-electron chi connectivity index (χ4n) is 3.14. The molecular formula is C22H22N4OS. The second-order valence-corrected chi connectivity index (χ2v) is 7.83. The zero-order valence-corrected chi connectivity index (χ0v) is 16.6. The Labute approximate surface area is 168 Å². The second-order valence-electron chi connectivity index (χ2n) is 6.80. The Morgan fingerprint density at radius 1 is 1.14 bits per heavy atom. The maximum Gasteiger partial charge on any atom is 0.220 e. The number of fused-ring (bicyclic) bond motifs is 1. The van der Waals surface area contributed by atoms with Gasteiger partial charge in [-0.15, -0.1) is 11.3 Å². The van der Waals surface area contributed by atoms with E-state index in [0.29, 0.717) is 19.4 Å². The number of aromatic nitrogens is 3. The summed E-state index contributed by atoms with van der Waals surface area (Å²) in [6.07, 6.45) is 2.77. The van der Waals surface area contributed by atoms with Crippen molar-refractivity contribution in [3.63, 3.8) is 0 Å². The van der Waals surface area contributed by atoms with Gasteiger partial charge in [0.15, 0.2) is 5.65 Å². The zero-order valence-electron chi connectivity index (χ0n) is 15.8. The molecule has 0 aliphatic heterocycles. The van der Waals surface area contributed by atoms with E-state index in [1.807, 2.05) is 30.3 Å². The highest BCUT2D eigenvalue weighted by Crippen LogP contribution is 2.19. The molecule has 4 rings (SSSR count). The van der Waals surface area contributed by atoms with E-state index in [9.17, 15) is 4.79 Å². The molecule has 0 saturated carbocycles. The van der Waals surface area contributed by atoms with Gasteiger partial charge < -0.3 is 9.88 Å². The van der Waals surface area contributed by atoms with Gasteiger partial charge in [-0.2, -0.15) is 0 Å². The van der Waals surface area contributed by atoms with Crippen LogP contribution in [0, 0.1) is 6.92 Å². The lowest BCUT2D eigenvalue weighted by molar-refractivity contribution is -0.121. The minimum atomic E-state index is 0.0308. The molecule has 0 saturated heterocycles. The number of nitrogens with zero attached hydrogens (tertiary/aromatic N) is 3. The Hall–Kier alpha value is -2.99. The van der Waals surface area contributed by atoms with E-state index in [0.717, 1.165) is 29.1 Å². The number of pyridine rings is 1. The molecule has 0 atom stereocenters. The number of aryl methyl sites for hydroxylation is 2. The van der Waals surface area contributed by atoms with E-state index < -0.39 is 0 Å². The average molecular weight is 391 g/mol. The summed E-state index contributed by atoms with van der Waals surface area (Å²) >= 11 is 1.71. The van der Waals surface area contributed by atoms with Gasteiger partial charge in [0, 0.05) is 30.5 Å². The number of benzene rings is 1. The highest BCUT2D eigenvalue weighted by molar-refractivity contribution is 7.09. The van der Waals surface area contributed by atoms with E-state index in [4.69, 9.17) is 4.98 Å². The van der Waals surface area contributed by atoms with Crippen molar-refractivity contribution in [2.75, 3.05) is 0 Å². The maximum absolute atomic E-state index is 12.3. The van der Waals surface area contributed by atoms with Crippen LogP contribution in [0.15, 0.2) is 60.1 Å². The van der Waals surface area contributed by atoms with E-state index in [-0.39, 0.29) is 5.91 Å². The first kappa shape index (κ1) is 18.4. The van der Waals surface area contributed by atoms with Crippen molar-refractivity contribution < 1.29 is 4.79 Å². The zero-order chi connectivity index (χ0) is 19.3. The molecule has 1 N–H and O–H groups in total. The lowest BCUT2D eigenvalue weighted by atomic mass is 10.1. The quantitative estimate of drug-likeness (QED) is 0.517. The molecule has 1 amide bonds. The molecule has 142 valence electrons. The third-order valence-corrected chi connectivity index (χ3v) is 5.52. The maximum atomic E-state index is 12.3. The Morgan fingerprint density at radius 2 is 2.00 bits per heavy atom. The molecular weight excluding hydrogens is 368 g/mol. The van der Waals surface area contributed by atoms with Crippen LogP contribution in [0.5, 0.6) is 0 Å². The number of carbonyl (C=O) groups is 1. The first-order valence-electron chi connectivity index (χ1n) is 9.34. The van der Waals surface area contributed by atoms with Gasteiger partial charge in [0.2, 0.25) is 5.91 Å². The van der Waals surface area contributed by atoms with Crippen molar-refractivity contribution in [3.05, 3.63) is 81.9 Å². The van der Waals surface area contributed by atoms with Crippen molar-refractivity contribution in [1.82, 2.24) is 19.9 Å². The summed E-state index contributed by atoms with van der Waals surface area (Å²) < 4.78 is 2.12. The van der Waals surface area contributed by atoms with Gasteiger partial charge in [-0.25, -0.2) is 9.97 Å². The second kappa shape index (κ2) is 8.35. The normalized spacial score (nSPS) is 11.0. The molecule has 3 aromatic heterocycles. The van der Waals surface area contributed by atoms with Gasteiger partial charge in [0.1, 0.15) is 11.3 Å². The number of rotatable bonds is 7. The van der Waals surface area contributed by atoms with E-state index in [1.54, 1.807) is 17.5 Å². The van der Waals surface area contributed by atoms with Crippen LogP contribution in [0.1, 0.15) is 28.2 Å². The van der Waals surface area contributed by atoms with Gasteiger partial charge in [0.05, 0.1) is 6.54 Å². The summed E-state index contributed by atoms with van der Waals surface area (Å²) in [7, 11) is 0. The number of imidazole rings is 1. The summed E-state index contributed by atoms with van der Waals surface area (Å²) in [5, 5.41) is 5.07. The SMILES string of the molecule is Cc1ccc(CNC(=O)CCc2nc3cccnc3n2Cc2cccs2)cc1. The summed E-state index contributed by atoms with van der Waals surface area (Å²) in [5.41, 5.74) is 4.06. The highest BCUT2D eigenvalue weighted by Gasteiger charge is 2.14. The molecule has 0 unspecified atom stereocenters. The predicted molar refractivity (Wildman–Crippen MR) is 112 cm³/mol. The fraction of sp³-hybridized carbons (Fsp3) is 0.227. The van der Waals surface area contributed by atoms with Crippen LogP contribution < -0.4 is 5.32 Å². The van der Waals surface area contributed by atoms with E-state index in [1.165, 1.54) is 10.4 Å². The molecule has 0 aliphatic carbocycles. The molecule has 6 heteroatoms. The van der Waals surface area contributed by atoms with Crippen LogP contribution in [-0.2, 0) is 24.3 Å². The number of carbonyl (C=O) groups excluding carboxylic acids is 1. The molecule has 0 fully saturated rings. The van der Waals surface area contributed by atoms with Crippen molar-refractivity contribution >= 4 is 28.4 Å². The molecule has 0 aliphatic rings. The number of amides is 1. The average Bonchev–Trinajstić information content (AvgIpc) is 3.34. The van der Waals surface area contributed by atoms with Crippen LogP contribution >= 0.6 is 11.3 Å². The van der Waals surface area contributed by atoms with Crippen LogP contribution in [0.2, 0.25) is 0 Å². The van der Waals surface area contributed by atoms with Crippen LogP contribution in [0.25, 0.3) is 11.2 Å². The topological polar surface area (TPSA) is 59.8 Å². The first-order chi connectivity index (χ1) is 13.7. The van der Waals surface area contributed by atoms with Gasteiger partial charge in [-0.05, 0) is 36.1 Å². The van der Waals surface area contributed by atoms with Gasteiger partial charge in [0.25, 0.3) is 0 Å². The summed E-state index contributed by atoms with van der Waals surface area (Å²) in [5.74, 6) is 0.927. The van der Waals surface area contributed by atoms with Gasteiger partial charge in [-0.1, -0.05) is 35.9 Å². The summed E-state index contributed by atoms with van der Waals surface area (Å²) in [6, 6.07) is 16.2. The Balaban J connectivity index is 1.43. The third kappa shape index (κ3) is 4.28. The van der Waals surface area contributed by atoms with Crippen molar-refractivity contribution in [2.45, 2.75) is 32.9 Å². The van der Waals surface area contributed by atoms with E-state index in [2.05, 4.69) is 45.4 Å². The lowest BCUT2D eigenvalue weighted by Crippen LogP contribution is -2.23. The number of thiophene rings is 1. The standard InChI is InChI=1S/C22H22N4OS/c1-16-6-8-17(9-7-16)14-24-21(27)11-10-20-25-19-5-2-12-23-22(19)26(20)15-18-4-3-13-28-18/h2-9,12-13H,10-11,14-15H2,1H3,(H,24,27). The smallest absolute Gasteiger partial charge is 0.220 e. The number of hydrogen-bond acceptors (Lipinski definition) is 4. The largest absolute Gasteiger partial charge is 0.352 e. The van der Waals surface area contributed by atoms with Crippen molar-refractivity contribution in [3.8, 4) is 0 Å². The van der Waals surface area contributed by atoms with Crippen LogP contribution in [-0.4, -0.2) is 20.4 Å². The van der Waals surface area contributed by atoms with Crippen molar-refractivity contribution in [1.29, 1.82) is 0 Å². The molecule has 0 bridgehead atoms. The predicted octanol–water partition coefficient (Wildman–Crippen LogP) is 4.10. The first-order valence-corrected chi connectivity index (χ1v) is 10.2. The molecule has 3 heterocycles. The monoisotopic (exact) mass is 390 g/mol. The number of hydrogen-bond donors (Lipinski definition) is 1. The molecule has 4 aromatic rings. The Kier molecular flexibility index (Phi) is 5.48. The number of nitrogens with one attached hydrogen (secondary N) is 1. The van der Waals surface area contributed by atoms with Crippen molar-refractivity contribution in [2.24, 2.45) is 0 Å². The van der Waals surface area contributed by atoms with Gasteiger partial charge in [-0.3, -0.25) is 4.79 Å². The molecule has 0 spiro atoms. The Morgan fingerprint density at radius 3 is 2.79 bits per heavy atom. The minimum absolute atomic E-state index is 0.0308. The molecule has 28 heavy (non-hydrogen) atoms. The minimum Gasteiger partial charge on any atom is -0.352 e. The van der Waals surface area contributed by atoms with E-state index >= 15 is 0 Å². The Bertz CT molecular complexity index is 1070.